The van der Waals surface area contributed by atoms with E-state index >= 15 is 0 Å². The predicted molar refractivity (Wildman–Crippen MR) is 121 cm³/mol. The van der Waals surface area contributed by atoms with Crippen LogP contribution in [0.25, 0.3) is 5.69 Å². The lowest BCUT2D eigenvalue weighted by molar-refractivity contribution is -0.137. The molecule has 0 spiro atoms. The first-order valence-corrected chi connectivity index (χ1v) is 11.1. The molecule has 2 unspecified atom stereocenters. The van der Waals surface area contributed by atoms with Crippen LogP contribution in [0.4, 0.5) is 19.0 Å². The molecule has 1 fully saturated rings. The SMILES string of the molecule is Cc1cc(-n2cc(Cl)cn2)cc(C)c1C1C(=O)CC(CCNc2ccc(C(F)(F)F)cn2)C1=O. The smallest absolute Gasteiger partial charge is 0.370 e. The number of carbonyl (C=O) groups is 2. The van der Waals surface area contributed by atoms with E-state index in [-0.39, 0.29) is 23.8 Å². The van der Waals surface area contributed by atoms with Crippen molar-refractivity contribution in [3.63, 3.8) is 0 Å². The number of hydrogen-bond acceptors (Lipinski definition) is 5. The van der Waals surface area contributed by atoms with Crippen molar-refractivity contribution in [2.45, 2.75) is 38.8 Å². The molecular weight excluding hydrogens is 469 g/mol. The van der Waals surface area contributed by atoms with Crippen LogP contribution in [0.1, 0.15) is 41.0 Å². The summed E-state index contributed by atoms with van der Waals surface area (Å²) in [6.45, 7) is 4.04. The Balaban J connectivity index is 1.44. The molecule has 34 heavy (non-hydrogen) atoms. The molecule has 2 aromatic heterocycles. The molecule has 10 heteroatoms. The van der Waals surface area contributed by atoms with Gasteiger partial charge in [0, 0.05) is 31.3 Å². The Morgan fingerprint density at radius 2 is 1.85 bits per heavy atom. The maximum Gasteiger partial charge on any atom is 0.417 e. The van der Waals surface area contributed by atoms with Gasteiger partial charge in [-0.3, -0.25) is 9.59 Å². The summed E-state index contributed by atoms with van der Waals surface area (Å²) in [5, 5.41) is 7.63. The average Bonchev–Trinajstić information content (AvgIpc) is 3.31. The number of anilines is 1. The minimum atomic E-state index is -4.45. The molecule has 2 heterocycles. The first-order chi connectivity index (χ1) is 16.0. The highest BCUT2D eigenvalue weighted by Gasteiger charge is 2.42. The summed E-state index contributed by atoms with van der Waals surface area (Å²) in [6.07, 6.45) is 0.0394. The number of benzene rings is 1. The predicted octanol–water partition coefficient (Wildman–Crippen LogP) is 5.30. The van der Waals surface area contributed by atoms with Crippen LogP contribution in [0.15, 0.2) is 42.9 Å². The summed E-state index contributed by atoms with van der Waals surface area (Å²) >= 11 is 5.96. The Bertz CT molecular complexity index is 1210. The average molecular weight is 491 g/mol. The van der Waals surface area contributed by atoms with E-state index < -0.39 is 23.6 Å². The zero-order chi connectivity index (χ0) is 24.6. The zero-order valence-electron chi connectivity index (χ0n) is 18.5. The second-order valence-corrected chi connectivity index (χ2v) is 8.88. The van der Waals surface area contributed by atoms with E-state index in [2.05, 4.69) is 15.4 Å². The fourth-order valence-corrected chi connectivity index (χ4v) is 4.56. The molecule has 6 nitrogen and oxygen atoms in total. The molecule has 178 valence electrons. The normalized spacial score (nSPS) is 18.5. The Morgan fingerprint density at radius 1 is 1.15 bits per heavy atom. The quantitative estimate of drug-likeness (QED) is 0.474. The molecule has 3 aromatic rings. The van der Waals surface area contributed by atoms with Crippen LogP contribution < -0.4 is 5.32 Å². The van der Waals surface area contributed by atoms with Crippen molar-refractivity contribution in [3.05, 3.63) is 70.1 Å². The number of carbonyl (C=O) groups excluding carboxylic acids is 2. The van der Waals surface area contributed by atoms with Gasteiger partial charge in [-0.2, -0.15) is 18.3 Å². The van der Waals surface area contributed by atoms with Gasteiger partial charge in [-0.05, 0) is 61.2 Å². The van der Waals surface area contributed by atoms with Crippen molar-refractivity contribution in [3.8, 4) is 5.69 Å². The van der Waals surface area contributed by atoms with Gasteiger partial charge in [0.1, 0.15) is 17.5 Å². The molecular formula is C24H22ClF3N4O2. The van der Waals surface area contributed by atoms with Crippen LogP contribution in [-0.2, 0) is 15.8 Å². The third-order valence-electron chi connectivity index (χ3n) is 6.03. The Hall–Kier alpha value is -3.20. The van der Waals surface area contributed by atoms with Gasteiger partial charge < -0.3 is 5.32 Å². The number of rotatable bonds is 6. The highest BCUT2D eigenvalue weighted by Crippen LogP contribution is 2.38. The van der Waals surface area contributed by atoms with E-state index in [4.69, 9.17) is 11.6 Å². The number of aromatic nitrogens is 3. The number of Topliss-reactive ketones (excluding diaryl/α,β-unsaturated/α-hetero) is 2. The Kier molecular flexibility index (Phi) is 6.49. The van der Waals surface area contributed by atoms with Gasteiger partial charge >= 0.3 is 6.18 Å². The third-order valence-corrected chi connectivity index (χ3v) is 6.22. The maximum atomic E-state index is 13.2. The van der Waals surface area contributed by atoms with E-state index in [0.29, 0.717) is 18.0 Å². The zero-order valence-corrected chi connectivity index (χ0v) is 19.2. The maximum absolute atomic E-state index is 13.2. The van der Waals surface area contributed by atoms with Crippen molar-refractivity contribution in [1.29, 1.82) is 0 Å². The lowest BCUT2D eigenvalue weighted by atomic mass is 9.87. The molecule has 0 saturated heterocycles. The molecule has 1 aliphatic rings. The van der Waals surface area contributed by atoms with Crippen molar-refractivity contribution in [2.24, 2.45) is 5.92 Å². The number of pyridine rings is 1. The number of nitrogens with one attached hydrogen (secondary N) is 1. The third kappa shape index (κ3) is 4.84. The molecule has 2 atom stereocenters. The van der Waals surface area contributed by atoms with Crippen molar-refractivity contribution < 1.29 is 22.8 Å². The van der Waals surface area contributed by atoms with Crippen molar-refractivity contribution in [1.82, 2.24) is 14.8 Å². The summed E-state index contributed by atoms with van der Waals surface area (Å²) < 4.78 is 39.6. The highest BCUT2D eigenvalue weighted by molar-refractivity contribution is 6.30. The van der Waals surface area contributed by atoms with Crippen LogP contribution in [0.3, 0.4) is 0 Å². The molecule has 0 amide bonds. The number of aryl methyl sites for hydroxylation is 2. The second kappa shape index (κ2) is 9.21. The fourth-order valence-electron chi connectivity index (χ4n) is 4.43. The molecule has 1 aliphatic carbocycles. The van der Waals surface area contributed by atoms with Crippen molar-refractivity contribution in [2.75, 3.05) is 11.9 Å². The lowest BCUT2D eigenvalue weighted by Gasteiger charge is -2.17. The molecule has 1 saturated carbocycles. The molecule has 4 rings (SSSR count). The minimum Gasteiger partial charge on any atom is -0.370 e. The topological polar surface area (TPSA) is 76.9 Å². The van der Waals surface area contributed by atoms with Gasteiger partial charge in [0.15, 0.2) is 5.78 Å². The molecule has 0 radical (unpaired) electrons. The number of nitrogens with zero attached hydrogens (tertiary/aromatic N) is 3. The molecule has 0 aliphatic heterocycles. The summed E-state index contributed by atoms with van der Waals surface area (Å²) in [6, 6.07) is 5.94. The summed E-state index contributed by atoms with van der Waals surface area (Å²) in [7, 11) is 0. The summed E-state index contributed by atoms with van der Waals surface area (Å²) in [5.74, 6) is -1.24. The number of hydrogen-bond donors (Lipinski definition) is 1. The van der Waals surface area contributed by atoms with E-state index in [1.165, 1.54) is 12.3 Å². The van der Waals surface area contributed by atoms with Gasteiger partial charge in [0.05, 0.1) is 22.5 Å². The van der Waals surface area contributed by atoms with Crippen LogP contribution >= 0.6 is 11.6 Å². The Labute approximate surface area is 199 Å². The van der Waals surface area contributed by atoms with E-state index in [1.807, 2.05) is 26.0 Å². The second-order valence-electron chi connectivity index (χ2n) is 8.44. The van der Waals surface area contributed by atoms with E-state index in [0.717, 1.165) is 34.6 Å². The van der Waals surface area contributed by atoms with Crippen LogP contribution in [-0.4, -0.2) is 32.9 Å². The monoisotopic (exact) mass is 490 g/mol. The van der Waals surface area contributed by atoms with E-state index in [9.17, 15) is 22.8 Å². The molecule has 1 aromatic carbocycles. The fraction of sp³-hybridized carbons (Fsp3) is 0.333. The lowest BCUT2D eigenvalue weighted by Crippen LogP contribution is -2.19. The van der Waals surface area contributed by atoms with Crippen LogP contribution in [0.2, 0.25) is 5.02 Å². The minimum absolute atomic E-state index is 0.122. The molecule has 1 N–H and O–H groups in total. The number of alkyl halides is 3. The van der Waals surface area contributed by atoms with Crippen LogP contribution in [0, 0.1) is 19.8 Å². The summed E-state index contributed by atoms with van der Waals surface area (Å²) in [4.78, 5) is 29.7. The van der Waals surface area contributed by atoms with Gasteiger partial charge in [0.25, 0.3) is 0 Å². The first-order valence-electron chi connectivity index (χ1n) is 10.7. The summed E-state index contributed by atoms with van der Waals surface area (Å²) in [5.41, 5.74) is 2.32. The van der Waals surface area contributed by atoms with Gasteiger partial charge in [-0.1, -0.05) is 11.6 Å². The number of ketones is 2. The highest BCUT2D eigenvalue weighted by atomic mass is 35.5. The standard InChI is InChI=1S/C24H22ClF3N4O2/c1-13-7-18(32-12-17(25)11-31-32)8-14(2)21(13)22-19(33)9-15(23(22)34)5-6-29-20-4-3-16(10-30-20)24(26,27)28/h3-4,7-8,10-12,15,22H,5-6,9H2,1-2H3,(H,29,30). The van der Waals surface area contributed by atoms with Crippen LogP contribution in [0.5, 0.6) is 0 Å². The van der Waals surface area contributed by atoms with Gasteiger partial charge in [-0.15, -0.1) is 0 Å². The number of halogens is 4. The van der Waals surface area contributed by atoms with Gasteiger partial charge in [0.2, 0.25) is 0 Å². The van der Waals surface area contributed by atoms with Crippen molar-refractivity contribution >= 4 is 29.0 Å². The Morgan fingerprint density at radius 3 is 2.41 bits per heavy atom. The first kappa shape index (κ1) is 23.9. The largest absolute Gasteiger partial charge is 0.417 e. The van der Waals surface area contributed by atoms with Gasteiger partial charge in [-0.25, -0.2) is 9.67 Å². The van der Waals surface area contributed by atoms with E-state index in [1.54, 1.807) is 10.9 Å². The molecule has 0 bridgehead atoms.